The first-order chi connectivity index (χ1) is 2.81. The van der Waals surface area contributed by atoms with Crippen molar-refractivity contribution in [2.24, 2.45) is 5.73 Å². The standard InChI is InChI=1S/C3H5Cl2N/c4-1-3(5)2-6/h1H,2,6H2/b3-1-. The molecule has 0 unspecified atom stereocenters. The maximum atomic E-state index is 5.25. The summed E-state index contributed by atoms with van der Waals surface area (Å²) < 4.78 is 0. The highest BCUT2D eigenvalue weighted by molar-refractivity contribution is 6.36. The fraction of sp³-hybridized carbons (Fsp3) is 0.333. The fourth-order valence-electron chi connectivity index (χ4n) is 0.0445. The number of nitrogens with two attached hydrogens (primary N) is 1. The van der Waals surface area contributed by atoms with E-state index in [0.717, 1.165) is 0 Å². The maximum Gasteiger partial charge on any atom is 0.0429 e. The van der Waals surface area contributed by atoms with Crippen LogP contribution in [0.5, 0.6) is 0 Å². The Balaban J connectivity index is 3.22. The summed E-state index contributed by atoms with van der Waals surface area (Å²) >= 11 is 10.3. The van der Waals surface area contributed by atoms with E-state index in [1.54, 1.807) is 0 Å². The monoisotopic (exact) mass is 125 g/mol. The second-order valence-corrected chi connectivity index (χ2v) is 1.46. The Bertz CT molecular complexity index is 59.8. The van der Waals surface area contributed by atoms with Crippen LogP contribution >= 0.6 is 23.2 Å². The molecule has 0 fully saturated rings. The molecule has 0 heterocycles. The Morgan fingerprint density at radius 1 is 1.83 bits per heavy atom. The highest BCUT2D eigenvalue weighted by atomic mass is 35.5. The van der Waals surface area contributed by atoms with Gasteiger partial charge < -0.3 is 5.73 Å². The molecular formula is C3H5Cl2N. The van der Waals surface area contributed by atoms with Crippen LogP contribution in [-0.2, 0) is 0 Å². The maximum absolute atomic E-state index is 5.25. The number of hydrogen-bond acceptors (Lipinski definition) is 1. The van der Waals surface area contributed by atoms with E-state index in [4.69, 9.17) is 28.9 Å². The van der Waals surface area contributed by atoms with Crippen LogP contribution in [-0.4, -0.2) is 6.54 Å². The van der Waals surface area contributed by atoms with Gasteiger partial charge in [-0.05, 0) is 0 Å². The van der Waals surface area contributed by atoms with E-state index in [1.165, 1.54) is 5.54 Å². The predicted molar refractivity (Wildman–Crippen MR) is 28.8 cm³/mol. The largest absolute Gasteiger partial charge is 0.326 e. The molecule has 0 saturated carbocycles. The molecule has 0 aliphatic carbocycles. The molecule has 6 heavy (non-hydrogen) atoms. The van der Waals surface area contributed by atoms with Gasteiger partial charge in [-0.25, -0.2) is 0 Å². The third-order valence-electron chi connectivity index (χ3n) is 0.313. The molecule has 0 atom stereocenters. The van der Waals surface area contributed by atoms with E-state index in [2.05, 4.69) is 0 Å². The van der Waals surface area contributed by atoms with E-state index >= 15 is 0 Å². The summed E-state index contributed by atoms with van der Waals surface area (Å²) in [7, 11) is 0. The summed E-state index contributed by atoms with van der Waals surface area (Å²) in [4.78, 5) is 0. The number of halogens is 2. The zero-order valence-electron chi connectivity index (χ0n) is 3.12. The highest BCUT2D eigenvalue weighted by Crippen LogP contribution is 1.97. The molecule has 0 radical (unpaired) electrons. The van der Waals surface area contributed by atoms with Crippen molar-refractivity contribution in [1.29, 1.82) is 0 Å². The van der Waals surface area contributed by atoms with E-state index in [-0.39, 0.29) is 0 Å². The van der Waals surface area contributed by atoms with Crippen LogP contribution in [0, 0.1) is 0 Å². The first-order valence-corrected chi connectivity index (χ1v) is 2.27. The van der Waals surface area contributed by atoms with Crippen molar-refractivity contribution >= 4 is 23.2 Å². The van der Waals surface area contributed by atoms with Crippen molar-refractivity contribution in [1.82, 2.24) is 0 Å². The molecule has 0 aliphatic rings. The second-order valence-electron chi connectivity index (χ2n) is 0.760. The molecule has 0 aromatic carbocycles. The van der Waals surface area contributed by atoms with E-state index in [1.807, 2.05) is 0 Å². The molecule has 0 rings (SSSR count). The Labute approximate surface area is 46.7 Å². The fourth-order valence-corrected chi connectivity index (χ4v) is 0.134. The van der Waals surface area contributed by atoms with Crippen LogP contribution in [0.15, 0.2) is 10.6 Å². The minimum absolute atomic E-state index is 0.324. The van der Waals surface area contributed by atoms with Crippen LogP contribution in [0.3, 0.4) is 0 Å². The third-order valence-corrected chi connectivity index (χ3v) is 0.952. The smallest absolute Gasteiger partial charge is 0.0429 e. The normalized spacial score (nSPS) is 12.2. The Hall–Kier alpha value is 0.280. The van der Waals surface area contributed by atoms with Crippen LogP contribution in [0.25, 0.3) is 0 Å². The van der Waals surface area contributed by atoms with Gasteiger partial charge in [-0.2, -0.15) is 0 Å². The van der Waals surface area contributed by atoms with Crippen molar-refractivity contribution in [3.8, 4) is 0 Å². The average molecular weight is 126 g/mol. The predicted octanol–water partition coefficient (Wildman–Crippen LogP) is 1.26. The summed E-state index contributed by atoms with van der Waals surface area (Å²) in [6, 6.07) is 0. The van der Waals surface area contributed by atoms with Gasteiger partial charge in [-0.15, -0.1) is 0 Å². The van der Waals surface area contributed by atoms with Crippen molar-refractivity contribution in [2.75, 3.05) is 6.54 Å². The molecule has 0 bridgehead atoms. The van der Waals surface area contributed by atoms with Crippen molar-refractivity contribution in [2.45, 2.75) is 0 Å². The SMILES string of the molecule is NC/C(Cl)=C/Cl. The van der Waals surface area contributed by atoms with E-state index in [0.29, 0.717) is 11.6 Å². The molecule has 0 aliphatic heterocycles. The summed E-state index contributed by atoms with van der Waals surface area (Å²) in [6.07, 6.45) is 0. The molecule has 1 nitrogen and oxygen atoms in total. The Kier molecular flexibility index (Phi) is 3.63. The molecule has 0 spiro atoms. The molecule has 2 N–H and O–H groups in total. The van der Waals surface area contributed by atoms with Gasteiger partial charge in [-0.3, -0.25) is 0 Å². The lowest BCUT2D eigenvalue weighted by molar-refractivity contribution is 1.23. The molecule has 0 aromatic heterocycles. The number of rotatable bonds is 1. The second kappa shape index (κ2) is 3.47. The van der Waals surface area contributed by atoms with Gasteiger partial charge in [0.25, 0.3) is 0 Å². The van der Waals surface area contributed by atoms with Gasteiger partial charge in [-0.1, -0.05) is 23.2 Å². The lowest BCUT2D eigenvalue weighted by Crippen LogP contribution is -1.96. The molecule has 36 valence electrons. The molecular weight excluding hydrogens is 121 g/mol. The topological polar surface area (TPSA) is 26.0 Å². The van der Waals surface area contributed by atoms with E-state index < -0.39 is 0 Å². The van der Waals surface area contributed by atoms with Gasteiger partial charge in [0.1, 0.15) is 0 Å². The summed E-state index contributed by atoms with van der Waals surface area (Å²) in [5.41, 5.74) is 6.25. The molecule has 3 heteroatoms. The summed E-state index contributed by atoms with van der Waals surface area (Å²) in [5.74, 6) is 0. The van der Waals surface area contributed by atoms with Gasteiger partial charge >= 0.3 is 0 Å². The zero-order chi connectivity index (χ0) is 4.99. The number of hydrogen-bond donors (Lipinski definition) is 1. The van der Waals surface area contributed by atoms with Crippen molar-refractivity contribution in [3.63, 3.8) is 0 Å². The molecule has 0 saturated heterocycles. The van der Waals surface area contributed by atoms with Crippen LogP contribution in [0.4, 0.5) is 0 Å². The molecule has 0 amide bonds. The third kappa shape index (κ3) is 2.51. The summed E-state index contributed by atoms with van der Waals surface area (Å²) in [6.45, 7) is 0.324. The lowest BCUT2D eigenvalue weighted by atomic mass is 10.7. The minimum Gasteiger partial charge on any atom is -0.326 e. The van der Waals surface area contributed by atoms with Gasteiger partial charge in [0.05, 0.1) is 0 Å². The van der Waals surface area contributed by atoms with Gasteiger partial charge in [0.2, 0.25) is 0 Å². The quantitative estimate of drug-likeness (QED) is 0.562. The Morgan fingerprint density at radius 2 is 2.33 bits per heavy atom. The lowest BCUT2D eigenvalue weighted by Gasteiger charge is -1.80. The Morgan fingerprint density at radius 3 is 2.33 bits per heavy atom. The van der Waals surface area contributed by atoms with Crippen molar-refractivity contribution < 1.29 is 0 Å². The van der Waals surface area contributed by atoms with Crippen LogP contribution in [0.2, 0.25) is 0 Å². The summed E-state index contributed by atoms with van der Waals surface area (Å²) in [5, 5.41) is 0.483. The van der Waals surface area contributed by atoms with E-state index in [9.17, 15) is 0 Å². The van der Waals surface area contributed by atoms with Gasteiger partial charge in [0.15, 0.2) is 0 Å². The van der Waals surface area contributed by atoms with Crippen molar-refractivity contribution in [3.05, 3.63) is 10.6 Å². The first kappa shape index (κ1) is 6.28. The van der Waals surface area contributed by atoms with Crippen LogP contribution < -0.4 is 5.73 Å². The average Bonchev–Trinajstić information content (AvgIpc) is 1.65. The van der Waals surface area contributed by atoms with Crippen LogP contribution in [0.1, 0.15) is 0 Å². The zero-order valence-corrected chi connectivity index (χ0v) is 4.63. The highest BCUT2D eigenvalue weighted by Gasteiger charge is 1.78. The minimum atomic E-state index is 0.324. The molecule has 0 aromatic rings. The van der Waals surface area contributed by atoms with Gasteiger partial charge in [0, 0.05) is 17.1 Å². The first-order valence-electron chi connectivity index (χ1n) is 1.46.